The summed E-state index contributed by atoms with van der Waals surface area (Å²) in [6.45, 7) is 3.05. The lowest BCUT2D eigenvalue weighted by atomic mass is 10.1. The number of amides is 3. The van der Waals surface area contributed by atoms with Crippen molar-refractivity contribution >= 4 is 46.1 Å². The Morgan fingerprint density at radius 1 is 1.13 bits per heavy atom. The smallest absolute Gasteiger partial charge is 0.261 e. The highest BCUT2D eigenvalue weighted by Gasteiger charge is 2.35. The average molecular weight is 403 g/mol. The number of piperazine rings is 1. The van der Waals surface area contributed by atoms with E-state index in [-0.39, 0.29) is 43.1 Å². The van der Waals surface area contributed by atoms with Crippen LogP contribution in [-0.2, 0) is 4.79 Å². The summed E-state index contributed by atoms with van der Waals surface area (Å²) in [4.78, 5) is 39.6. The van der Waals surface area contributed by atoms with Crippen LogP contribution in [0.1, 0.15) is 27.1 Å². The molecule has 1 N–H and O–H groups in total. The third-order valence-electron chi connectivity index (χ3n) is 3.95. The van der Waals surface area contributed by atoms with Crippen molar-refractivity contribution in [2.45, 2.75) is 6.42 Å². The normalized spacial score (nSPS) is 17.1. The van der Waals surface area contributed by atoms with E-state index in [9.17, 15) is 14.4 Å². The molecule has 0 atom stereocenters. The van der Waals surface area contributed by atoms with Crippen LogP contribution in [0.3, 0.4) is 0 Å². The zero-order valence-electron chi connectivity index (χ0n) is 12.4. The molecule has 6 nitrogen and oxygen atoms in total. The van der Waals surface area contributed by atoms with Gasteiger partial charge in [-0.2, -0.15) is 0 Å². The van der Waals surface area contributed by atoms with Crippen molar-refractivity contribution in [3.8, 4) is 0 Å². The standard InChI is InChI=1S/C15H16BrN3O3.ClH/c16-10-1-2-11-12(9-10)15(22)19(14(11)21)6-3-13(20)18-7-4-17-5-8-18;/h1-2,9,17H,3-8H2;1H. The quantitative estimate of drug-likeness (QED) is 0.774. The number of fused-ring (bicyclic) bond motifs is 1. The van der Waals surface area contributed by atoms with Crippen molar-refractivity contribution in [2.75, 3.05) is 32.7 Å². The van der Waals surface area contributed by atoms with Gasteiger partial charge in [-0.1, -0.05) is 15.9 Å². The Morgan fingerprint density at radius 2 is 1.78 bits per heavy atom. The monoisotopic (exact) mass is 401 g/mol. The molecule has 23 heavy (non-hydrogen) atoms. The van der Waals surface area contributed by atoms with Gasteiger partial charge in [0.2, 0.25) is 5.91 Å². The van der Waals surface area contributed by atoms with E-state index in [2.05, 4.69) is 21.2 Å². The number of nitrogens with one attached hydrogen (secondary N) is 1. The predicted octanol–water partition coefficient (Wildman–Crippen LogP) is 1.29. The molecule has 1 fully saturated rings. The maximum Gasteiger partial charge on any atom is 0.261 e. The molecule has 0 aromatic heterocycles. The second-order valence-corrected chi connectivity index (χ2v) is 6.25. The largest absolute Gasteiger partial charge is 0.340 e. The Bertz CT molecular complexity index is 647. The van der Waals surface area contributed by atoms with Crippen molar-refractivity contribution in [3.63, 3.8) is 0 Å². The van der Waals surface area contributed by atoms with Gasteiger partial charge < -0.3 is 10.2 Å². The van der Waals surface area contributed by atoms with E-state index in [4.69, 9.17) is 0 Å². The topological polar surface area (TPSA) is 69.7 Å². The summed E-state index contributed by atoms with van der Waals surface area (Å²) in [6.07, 6.45) is 0.173. The molecule has 2 aliphatic rings. The molecule has 1 aromatic carbocycles. The van der Waals surface area contributed by atoms with E-state index in [1.807, 2.05) is 0 Å². The SMILES string of the molecule is Cl.O=C(CCN1C(=O)c2ccc(Br)cc2C1=O)N1CCNCC1. The van der Waals surface area contributed by atoms with Crippen molar-refractivity contribution in [3.05, 3.63) is 33.8 Å². The minimum absolute atomic E-state index is 0. The first-order valence-electron chi connectivity index (χ1n) is 7.22. The van der Waals surface area contributed by atoms with Crippen LogP contribution < -0.4 is 5.32 Å². The van der Waals surface area contributed by atoms with Crippen LogP contribution >= 0.6 is 28.3 Å². The Labute approximate surface area is 148 Å². The van der Waals surface area contributed by atoms with Crippen molar-refractivity contribution < 1.29 is 14.4 Å². The van der Waals surface area contributed by atoms with E-state index in [1.165, 1.54) is 0 Å². The fraction of sp³-hybridized carbons (Fsp3) is 0.400. The van der Waals surface area contributed by atoms with Crippen LogP contribution in [0.4, 0.5) is 0 Å². The highest BCUT2D eigenvalue weighted by atomic mass is 79.9. The third-order valence-corrected chi connectivity index (χ3v) is 4.44. The van der Waals surface area contributed by atoms with Gasteiger partial charge in [0.25, 0.3) is 11.8 Å². The second-order valence-electron chi connectivity index (χ2n) is 5.33. The van der Waals surface area contributed by atoms with Gasteiger partial charge in [-0.25, -0.2) is 0 Å². The predicted molar refractivity (Wildman–Crippen MR) is 90.8 cm³/mol. The van der Waals surface area contributed by atoms with Crippen molar-refractivity contribution in [1.29, 1.82) is 0 Å². The summed E-state index contributed by atoms with van der Waals surface area (Å²) >= 11 is 3.30. The summed E-state index contributed by atoms with van der Waals surface area (Å²) in [6, 6.07) is 5.02. The zero-order valence-corrected chi connectivity index (χ0v) is 14.8. The van der Waals surface area contributed by atoms with E-state index in [1.54, 1.807) is 23.1 Å². The van der Waals surface area contributed by atoms with E-state index < -0.39 is 0 Å². The van der Waals surface area contributed by atoms with Crippen LogP contribution in [0.2, 0.25) is 0 Å². The van der Waals surface area contributed by atoms with Crippen LogP contribution in [0.25, 0.3) is 0 Å². The first-order chi connectivity index (χ1) is 10.6. The molecule has 0 spiro atoms. The Kier molecular flexibility index (Phi) is 5.78. The lowest BCUT2D eigenvalue weighted by Gasteiger charge is -2.28. The maximum absolute atomic E-state index is 12.3. The van der Waals surface area contributed by atoms with E-state index in [0.717, 1.165) is 22.5 Å². The first kappa shape index (κ1) is 17.9. The molecule has 0 unspecified atom stereocenters. The van der Waals surface area contributed by atoms with Gasteiger partial charge in [0, 0.05) is 43.6 Å². The summed E-state index contributed by atoms with van der Waals surface area (Å²) in [5, 5.41) is 3.18. The molecule has 124 valence electrons. The van der Waals surface area contributed by atoms with Gasteiger partial charge in [0.1, 0.15) is 0 Å². The highest BCUT2D eigenvalue weighted by Crippen LogP contribution is 2.26. The van der Waals surface area contributed by atoms with Gasteiger partial charge >= 0.3 is 0 Å². The van der Waals surface area contributed by atoms with Gasteiger partial charge in [-0.3, -0.25) is 19.3 Å². The summed E-state index contributed by atoms with van der Waals surface area (Å²) in [5.41, 5.74) is 0.803. The molecule has 0 aliphatic carbocycles. The molecule has 1 saturated heterocycles. The number of imide groups is 1. The Balaban J connectivity index is 0.00000192. The minimum atomic E-state index is -0.325. The number of hydrogen-bond donors (Lipinski definition) is 1. The number of benzene rings is 1. The number of rotatable bonds is 3. The molecule has 2 heterocycles. The molecule has 0 saturated carbocycles. The van der Waals surface area contributed by atoms with Gasteiger partial charge in [-0.15, -0.1) is 12.4 Å². The first-order valence-corrected chi connectivity index (χ1v) is 8.01. The number of halogens is 2. The summed E-state index contributed by atoms with van der Waals surface area (Å²) in [7, 11) is 0. The third kappa shape index (κ3) is 3.57. The van der Waals surface area contributed by atoms with Crippen molar-refractivity contribution in [2.24, 2.45) is 0 Å². The molecule has 0 bridgehead atoms. The molecular formula is C15H17BrClN3O3. The molecular weight excluding hydrogens is 386 g/mol. The van der Waals surface area contributed by atoms with Gasteiger partial charge in [0.05, 0.1) is 11.1 Å². The molecule has 1 aromatic rings. The average Bonchev–Trinajstić information content (AvgIpc) is 2.77. The number of carbonyl (C=O) groups is 3. The lowest BCUT2D eigenvalue weighted by Crippen LogP contribution is -2.47. The second kappa shape index (κ2) is 7.42. The van der Waals surface area contributed by atoms with E-state index in [0.29, 0.717) is 24.2 Å². The Morgan fingerprint density at radius 3 is 2.48 bits per heavy atom. The number of nitrogens with zero attached hydrogens (tertiary/aromatic N) is 2. The van der Waals surface area contributed by atoms with Crippen LogP contribution in [0.15, 0.2) is 22.7 Å². The molecule has 2 aliphatic heterocycles. The van der Waals surface area contributed by atoms with Crippen LogP contribution in [0.5, 0.6) is 0 Å². The number of hydrogen-bond acceptors (Lipinski definition) is 4. The van der Waals surface area contributed by atoms with Crippen LogP contribution in [-0.4, -0.2) is 60.2 Å². The molecule has 3 amide bonds. The maximum atomic E-state index is 12.3. The van der Waals surface area contributed by atoms with Crippen molar-refractivity contribution in [1.82, 2.24) is 15.1 Å². The molecule has 8 heteroatoms. The minimum Gasteiger partial charge on any atom is -0.340 e. The number of carbonyl (C=O) groups excluding carboxylic acids is 3. The fourth-order valence-electron chi connectivity index (χ4n) is 2.75. The van der Waals surface area contributed by atoms with Gasteiger partial charge in [-0.05, 0) is 18.2 Å². The fourth-order valence-corrected chi connectivity index (χ4v) is 3.11. The Hall–Kier alpha value is -1.44. The zero-order chi connectivity index (χ0) is 15.7. The summed E-state index contributed by atoms with van der Waals surface area (Å²) in [5.74, 6) is -0.658. The molecule has 3 rings (SSSR count). The lowest BCUT2D eigenvalue weighted by molar-refractivity contribution is -0.131. The van der Waals surface area contributed by atoms with Crippen LogP contribution in [0, 0.1) is 0 Å². The molecule has 0 radical (unpaired) electrons. The summed E-state index contributed by atoms with van der Waals surface area (Å²) < 4.78 is 0.756. The highest BCUT2D eigenvalue weighted by molar-refractivity contribution is 9.10. The van der Waals surface area contributed by atoms with Gasteiger partial charge in [0.15, 0.2) is 0 Å². The van der Waals surface area contributed by atoms with E-state index >= 15 is 0 Å².